The second-order valence-electron chi connectivity index (χ2n) is 4.26. The molecule has 0 radical (unpaired) electrons. The van der Waals surface area contributed by atoms with Crippen LogP contribution in [-0.2, 0) is 16.4 Å². The van der Waals surface area contributed by atoms with Crippen molar-refractivity contribution in [3.8, 4) is 0 Å². The minimum absolute atomic E-state index is 0.290. The summed E-state index contributed by atoms with van der Waals surface area (Å²) in [5.41, 5.74) is 2.91. The molecule has 4 nitrogen and oxygen atoms in total. The lowest BCUT2D eigenvalue weighted by Gasteiger charge is -2.08. The molecule has 1 aliphatic rings. The lowest BCUT2D eigenvalue weighted by molar-refractivity contribution is 0.522. The Hall–Kier alpha value is -0.460. The predicted molar refractivity (Wildman–Crippen MR) is 65.3 cm³/mol. The number of sulfone groups is 1. The monoisotopic (exact) mass is 260 g/mol. The third-order valence-electron chi connectivity index (χ3n) is 2.89. The van der Waals surface area contributed by atoms with E-state index < -0.39 is 9.84 Å². The van der Waals surface area contributed by atoms with Gasteiger partial charge in [-0.15, -0.1) is 11.3 Å². The number of nitrogens with zero attached hydrogens (tertiary/aromatic N) is 1. The number of thiazole rings is 1. The minimum atomic E-state index is -2.74. The van der Waals surface area contributed by atoms with E-state index in [-0.39, 0.29) is 0 Å². The number of aromatic nitrogens is 1. The molecule has 6 heteroatoms. The summed E-state index contributed by atoms with van der Waals surface area (Å²) in [5.74, 6) is 0.999. The van der Waals surface area contributed by atoms with Crippen molar-refractivity contribution in [2.75, 3.05) is 18.1 Å². The Morgan fingerprint density at radius 1 is 1.62 bits per heavy atom. The third kappa shape index (κ3) is 3.02. The quantitative estimate of drug-likeness (QED) is 0.876. The van der Waals surface area contributed by atoms with Crippen molar-refractivity contribution in [3.05, 3.63) is 16.1 Å². The van der Waals surface area contributed by atoms with Crippen LogP contribution in [0.3, 0.4) is 0 Å². The van der Waals surface area contributed by atoms with Crippen LogP contribution >= 0.6 is 11.3 Å². The van der Waals surface area contributed by atoms with E-state index >= 15 is 0 Å². The van der Waals surface area contributed by atoms with E-state index in [1.54, 1.807) is 11.3 Å². The fourth-order valence-corrected chi connectivity index (χ4v) is 4.53. The molecule has 2 rings (SSSR count). The molecular weight excluding hydrogens is 244 g/mol. The molecule has 0 aromatic carbocycles. The van der Waals surface area contributed by atoms with Crippen LogP contribution in [0.1, 0.15) is 17.0 Å². The summed E-state index contributed by atoms with van der Waals surface area (Å²) in [6.07, 6.45) is 0.803. The maximum absolute atomic E-state index is 11.3. The van der Waals surface area contributed by atoms with Crippen LogP contribution in [0.25, 0.3) is 0 Å². The third-order valence-corrected chi connectivity index (χ3v) is 5.66. The second-order valence-corrected chi connectivity index (χ2v) is 7.43. The molecule has 0 saturated carbocycles. The van der Waals surface area contributed by atoms with Crippen molar-refractivity contribution in [2.45, 2.75) is 19.9 Å². The first-order chi connectivity index (χ1) is 7.57. The molecule has 2 heterocycles. The van der Waals surface area contributed by atoms with Gasteiger partial charge in [-0.2, -0.15) is 0 Å². The van der Waals surface area contributed by atoms with Crippen molar-refractivity contribution >= 4 is 21.2 Å². The van der Waals surface area contributed by atoms with Gasteiger partial charge in [0.1, 0.15) is 0 Å². The molecule has 90 valence electrons. The molecule has 1 unspecified atom stereocenters. The largest absolute Gasteiger partial charge is 0.311 e. The van der Waals surface area contributed by atoms with Crippen molar-refractivity contribution in [2.24, 2.45) is 5.92 Å². The van der Waals surface area contributed by atoms with E-state index in [9.17, 15) is 8.42 Å². The Kier molecular flexibility index (Phi) is 3.61. The molecule has 1 aromatic heterocycles. The highest BCUT2D eigenvalue weighted by Gasteiger charge is 2.27. The predicted octanol–water partition coefficient (Wildman–Crippen LogP) is 0.976. The summed E-state index contributed by atoms with van der Waals surface area (Å²) in [5, 5.41) is 3.31. The molecule has 1 atom stereocenters. The van der Waals surface area contributed by atoms with Crippen molar-refractivity contribution in [3.63, 3.8) is 0 Å². The number of hydrogen-bond acceptors (Lipinski definition) is 5. The second kappa shape index (κ2) is 4.81. The van der Waals surface area contributed by atoms with Gasteiger partial charge in [0, 0.05) is 11.4 Å². The van der Waals surface area contributed by atoms with E-state index in [2.05, 4.69) is 10.3 Å². The van der Waals surface area contributed by atoms with Crippen molar-refractivity contribution in [1.29, 1.82) is 0 Å². The van der Waals surface area contributed by atoms with E-state index in [0.717, 1.165) is 25.2 Å². The summed E-state index contributed by atoms with van der Waals surface area (Å²) in [4.78, 5) is 5.41. The zero-order valence-corrected chi connectivity index (χ0v) is 10.9. The van der Waals surface area contributed by atoms with Crippen LogP contribution in [0.15, 0.2) is 5.51 Å². The number of nitrogens with one attached hydrogen (secondary N) is 1. The standard InChI is InChI=1S/C10H16N2O2S2/c1-8-10(15-7-12-8)5-11-4-9-2-3-16(13,14)6-9/h7,9,11H,2-6H2,1H3. The highest BCUT2D eigenvalue weighted by atomic mass is 32.2. The van der Waals surface area contributed by atoms with E-state index in [0.29, 0.717) is 17.4 Å². The van der Waals surface area contributed by atoms with Gasteiger partial charge in [-0.3, -0.25) is 0 Å². The van der Waals surface area contributed by atoms with Gasteiger partial charge in [-0.1, -0.05) is 0 Å². The van der Waals surface area contributed by atoms with Crippen LogP contribution in [0, 0.1) is 12.8 Å². The van der Waals surface area contributed by atoms with Crippen LogP contribution in [0.2, 0.25) is 0 Å². The molecule has 1 fully saturated rings. The van der Waals surface area contributed by atoms with Crippen LogP contribution in [0.5, 0.6) is 0 Å². The summed E-state index contributed by atoms with van der Waals surface area (Å²) in [6, 6.07) is 0. The molecule has 1 saturated heterocycles. The fraction of sp³-hybridized carbons (Fsp3) is 0.700. The molecule has 1 aliphatic heterocycles. The molecule has 0 amide bonds. The maximum atomic E-state index is 11.3. The van der Waals surface area contributed by atoms with E-state index in [4.69, 9.17) is 0 Å². The highest BCUT2D eigenvalue weighted by Crippen LogP contribution is 2.18. The Labute approximate surface area is 100 Å². The molecule has 16 heavy (non-hydrogen) atoms. The molecular formula is C10H16N2O2S2. The Morgan fingerprint density at radius 3 is 3.00 bits per heavy atom. The smallest absolute Gasteiger partial charge is 0.150 e. The summed E-state index contributed by atoms with van der Waals surface area (Å²) >= 11 is 1.64. The average Bonchev–Trinajstić information content (AvgIpc) is 2.74. The summed E-state index contributed by atoms with van der Waals surface area (Å²) in [7, 11) is -2.74. The summed E-state index contributed by atoms with van der Waals surface area (Å²) < 4.78 is 22.5. The SMILES string of the molecule is Cc1ncsc1CNCC1CCS(=O)(=O)C1. The van der Waals surface area contributed by atoms with Gasteiger partial charge in [-0.25, -0.2) is 13.4 Å². The minimum Gasteiger partial charge on any atom is -0.311 e. The van der Waals surface area contributed by atoms with Crippen LogP contribution < -0.4 is 5.32 Å². The van der Waals surface area contributed by atoms with Gasteiger partial charge in [0.15, 0.2) is 9.84 Å². The molecule has 0 bridgehead atoms. The first-order valence-electron chi connectivity index (χ1n) is 5.37. The summed E-state index contributed by atoms with van der Waals surface area (Å²) in [6.45, 7) is 3.58. The number of hydrogen-bond donors (Lipinski definition) is 1. The Morgan fingerprint density at radius 2 is 2.44 bits per heavy atom. The molecule has 0 spiro atoms. The first-order valence-corrected chi connectivity index (χ1v) is 8.07. The van der Waals surface area contributed by atoms with Gasteiger partial charge >= 0.3 is 0 Å². The Balaban J connectivity index is 1.75. The van der Waals surface area contributed by atoms with Crippen molar-refractivity contribution < 1.29 is 8.42 Å². The lowest BCUT2D eigenvalue weighted by atomic mass is 10.1. The topological polar surface area (TPSA) is 59.1 Å². The number of rotatable bonds is 4. The van der Waals surface area contributed by atoms with Crippen LogP contribution in [0.4, 0.5) is 0 Å². The zero-order chi connectivity index (χ0) is 11.6. The first kappa shape index (κ1) is 12.0. The van der Waals surface area contributed by atoms with Gasteiger partial charge in [0.05, 0.1) is 22.7 Å². The van der Waals surface area contributed by atoms with Gasteiger partial charge < -0.3 is 5.32 Å². The number of aryl methyl sites for hydroxylation is 1. The van der Waals surface area contributed by atoms with Gasteiger partial charge in [0.2, 0.25) is 0 Å². The van der Waals surface area contributed by atoms with Gasteiger partial charge in [0.25, 0.3) is 0 Å². The zero-order valence-electron chi connectivity index (χ0n) is 9.27. The highest BCUT2D eigenvalue weighted by molar-refractivity contribution is 7.91. The van der Waals surface area contributed by atoms with E-state index in [1.165, 1.54) is 4.88 Å². The van der Waals surface area contributed by atoms with E-state index in [1.807, 2.05) is 12.4 Å². The average molecular weight is 260 g/mol. The van der Waals surface area contributed by atoms with Crippen molar-refractivity contribution in [1.82, 2.24) is 10.3 Å². The maximum Gasteiger partial charge on any atom is 0.150 e. The lowest BCUT2D eigenvalue weighted by Crippen LogP contribution is -2.23. The van der Waals surface area contributed by atoms with Crippen LogP contribution in [-0.4, -0.2) is 31.5 Å². The molecule has 0 aliphatic carbocycles. The Bertz CT molecular complexity index is 453. The van der Waals surface area contributed by atoms with Gasteiger partial charge in [-0.05, 0) is 25.8 Å². The molecule has 1 aromatic rings. The fourth-order valence-electron chi connectivity index (χ4n) is 1.92. The normalized spacial score (nSPS) is 23.7. The molecule has 1 N–H and O–H groups in total.